The van der Waals surface area contributed by atoms with Crippen molar-refractivity contribution in [1.29, 1.82) is 0 Å². The van der Waals surface area contributed by atoms with Crippen LogP contribution in [0.4, 0.5) is 5.69 Å². The van der Waals surface area contributed by atoms with Gasteiger partial charge in [0.25, 0.3) is 0 Å². The molecule has 0 saturated carbocycles. The van der Waals surface area contributed by atoms with E-state index in [0.717, 1.165) is 27.8 Å². The lowest BCUT2D eigenvalue weighted by Gasteiger charge is -2.24. The number of imidazole rings is 1. The van der Waals surface area contributed by atoms with Gasteiger partial charge in [0, 0.05) is 16.3 Å². The van der Waals surface area contributed by atoms with Gasteiger partial charge >= 0.3 is 0 Å². The number of rotatable bonds is 4. The highest BCUT2D eigenvalue weighted by molar-refractivity contribution is 6.35. The van der Waals surface area contributed by atoms with E-state index in [4.69, 9.17) is 28.2 Å². The Morgan fingerprint density at radius 3 is 2.53 bits per heavy atom. The van der Waals surface area contributed by atoms with E-state index in [9.17, 15) is 4.79 Å². The van der Waals surface area contributed by atoms with Gasteiger partial charge in [-0.25, -0.2) is 4.98 Å². The molecule has 0 spiro atoms. The van der Waals surface area contributed by atoms with Gasteiger partial charge in [-0.15, -0.1) is 0 Å². The number of carbonyl (C=O) groups excluding carboxylic acids is 1. The number of aryl methyl sites for hydroxylation is 1. The van der Waals surface area contributed by atoms with Crippen molar-refractivity contribution in [2.75, 3.05) is 5.32 Å². The first kappa shape index (κ1) is 22.4. The van der Waals surface area contributed by atoms with Crippen LogP contribution < -0.4 is 5.32 Å². The molecule has 4 nitrogen and oxygen atoms in total. The quantitative estimate of drug-likeness (QED) is 0.344. The summed E-state index contributed by atoms with van der Waals surface area (Å²) >= 11 is 12.7. The Morgan fingerprint density at radius 2 is 1.78 bits per heavy atom. The summed E-state index contributed by atoms with van der Waals surface area (Å²) in [6.07, 6.45) is 0. The van der Waals surface area contributed by atoms with Crippen LogP contribution in [0.15, 0.2) is 60.7 Å². The van der Waals surface area contributed by atoms with E-state index in [1.807, 2.05) is 47.9 Å². The van der Waals surface area contributed by atoms with Gasteiger partial charge in [0.05, 0.1) is 16.1 Å². The molecule has 1 heterocycles. The highest BCUT2D eigenvalue weighted by Crippen LogP contribution is 2.34. The first-order valence-corrected chi connectivity index (χ1v) is 11.2. The molecular formula is C26H25Cl2N3O. The van der Waals surface area contributed by atoms with Crippen LogP contribution in [0.5, 0.6) is 0 Å². The van der Waals surface area contributed by atoms with E-state index in [1.54, 1.807) is 18.2 Å². The zero-order valence-electron chi connectivity index (χ0n) is 18.5. The highest BCUT2D eigenvalue weighted by Gasteiger charge is 2.22. The summed E-state index contributed by atoms with van der Waals surface area (Å²) in [7, 11) is 0. The number of carbonyl (C=O) groups is 1. The molecule has 0 bridgehead atoms. The summed E-state index contributed by atoms with van der Waals surface area (Å²) in [6, 6.07) is 19.1. The number of para-hydroxylation sites is 3. The fourth-order valence-electron chi connectivity index (χ4n) is 3.89. The maximum Gasteiger partial charge on any atom is 0.244 e. The van der Waals surface area contributed by atoms with Crippen molar-refractivity contribution >= 4 is 45.8 Å². The van der Waals surface area contributed by atoms with Gasteiger partial charge in [-0.3, -0.25) is 4.79 Å². The van der Waals surface area contributed by atoms with Gasteiger partial charge < -0.3 is 9.88 Å². The monoisotopic (exact) mass is 465 g/mol. The van der Waals surface area contributed by atoms with Crippen LogP contribution in [0, 0.1) is 6.92 Å². The number of nitrogens with one attached hydrogen (secondary N) is 1. The van der Waals surface area contributed by atoms with Crippen LogP contribution in [0.3, 0.4) is 0 Å². The molecule has 0 fully saturated rings. The standard InChI is InChI=1S/C26H25Cl2N3O/c1-16-8-7-9-19(26(2,3)4)24(16)30-23(32)15-31-22-11-6-5-10-21(22)29-25(31)18-14-17(27)12-13-20(18)28/h5-14H,15H2,1-4H3,(H,30,32). The number of anilines is 1. The maximum absolute atomic E-state index is 13.3. The first-order chi connectivity index (χ1) is 15.1. The van der Waals surface area contributed by atoms with E-state index in [1.165, 1.54) is 0 Å². The van der Waals surface area contributed by atoms with Crippen LogP contribution in [0.2, 0.25) is 10.0 Å². The lowest BCUT2D eigenvalue weighted by atomic mass is 9.84. The Kier molecular flexibility index (Phi) is 6.02. The van der Waals surface area contributed by atoms with Gasteiger partial charge in [-0.1, -0.05) is 74.3 Å². The Hall–Kier alpha value is -2.82. The Morgan fingerprint density at radius 1 is 1.03 bits per heavy atom. The summed E-state index contributed by atoms with van der Waals surface area (Å²) in [4.78, 5) is 18.0. The number of fused-ring (bicyclic) bond motifs is 1. The van der Waals surface area contributed by atoms with Gasteiger partial charge in [0.2, 0.25) is 5.91 Å². The summed E-state index contributed by atoms with van der Waals surface area (Å²) < 4.78 is 1.89. The van der Waals surface area contributed by atoms with Crippen LogP contribution in [-0.4, -0.2) is 15.5 Å². The highest BCUT2D eigenvalue weighted by atomic mass is 35.5. The molecule has 32 heavy (non-hydrogen) atoms. The SMILES string of the molecule is Cc1cccc(C(C)(C)C)c1NC(=O)Cn1c(-c2cc(Cl)ccc2Cl)nc2ccccc21. The largest absolute Gasteiger partial charge is 0.324 e. The molecule has 0 radical (unpaired) electrons. The summed E-state index contributed by atoms with van der Waals surface area (Å²) in [5.74, 6) is 0.474. The lowest BCUT2D eigenvalue weighted by molar-refractivity contribution is -0.116. The number of benzene rings is 3. The molecule has 1 aromatic heterocycles. The number of hydrogen-bond donors (Lipinski definition) is 1. The molecule has 1 amide bonds. The fraction of sp³-hybridized carbons (Fsp3) is 0.231. The van der Waals surface area contributed by atoms with Crippen molar-refractivity contribution in [3.63, 3.8) is 0 Å². The average molecular weight is 466 g/mol. The van der Waals surface area contributed by atoms with E-state index < -0.39 is 0 Å². The van der Waals surface area contributed by atoms with Crippen molar-refractivity contribution in [3.8, 4) is 11.4 Å². The summed E-state index contributed by atoms with van der Waals surface area (Å²) in [6.45, 7) is 8.52. The molecule has 0 aliphatic rings. The van der Waals surface area contributed by atoms with Crippen molar-refractivity contribution < 1.29 is 4.79 Å². The zero-order valence-corrected chi connectivity index (χ0v) is 20.1. The fourth-order valence-corrected chi connectivity index (χ4v) is 4.27. The van der Waals surface area contributed by atoms with Crippen molar-refractivity contribution in [2.24, 2.45) is 0 Å². The van der Waals surface area contributed by atoms with Gasteiger partial charge in [-0.05, 0) is 53.8 Å². The van der Waals surface area contributed by atoms with E-state index in [2.05, 4.69) is 32.2 Å². The molecule has 0 atom stereocenters. The minimum absolute atomic E-state index is 0.0939. The van der Waals surface area contributed by atoms with Crippen molar-refractivity contribution in [2.45, 2.75) is 39.7 Å². The molecule has 0 unspecified atom stereocenters. The number of nitrogens with zero attached hydrogens (tertiary/aromatic N) is 2. The van der Waals surface area contributed by atoms with Crippen LogP contribution in [0.1, 0.15) is 31.9 Å². The molecule has 0 aliphatic heterocycles. The Balaban J connectivity index is 1.76. The van der Waals surface area contributed by atoms with Crippen molar-refractivity contribution in [3.05, 3.63) is 81.8 Å². The van der Waals surface area contributed by atoms with Crippen LogP contribution in [-0.2, 0) is 16.8 Å². The summed E-state index contributed by atoms with van der Waals surface area (Å²) in [5, 5.41) is 4.23. The number of hydrogen-bond acceptors (Lipinski definition) is 2. The topological polar surface area (TPSA) is 46.9 Å². The predicted molar refractivity (Wildman–Crippen MR) is 134 cm³/mol. The maximum atomic E-state index is 13.3. The van der Waals surface area contributed by atoms with Crippen LogP contribution in [0.25, 0.3) is 22.4 Å². The molecule has 0 aliphatic carbocycles. The molecule has 4 aromatic rings. The third-order valence-electron chi connectivity index (χ3n) is 5.47. The van der Waals surface area contributed by atoms with E-state index in [0.29, 0.717) is 21.4 Å². The molecule has 164 valence electrons. The number of amides is 1. The van der Waals surface area contributed by atoms with Crippen molar-refractivity contribution in [1.82, 2.24) is 9.55 Å². The molecule has 3 aromatic carbocycles. The number of halogens is 2. The zero-order chi connectivity index (χ0) is 23.0. The van der Waals surface area contributed by atoms with E-state index in [-0.39, 0.29) is 17.9 Å². The van der Waals surface area contributed by atoms with E-state index >= 15 is 0 Å². The second-order valence-electron chi connectivity index (χ2n) is 8.93. The predicted octanol–water partition coefficient (Wildman–Crippen LogP) is 7.25. The first-order valence-electron chi connectivity index (χ1n) is 10.5. The molecule has 1 N–H and O–H groups in total. The molecular weight excluding hydrogens is 441 g/mol. The second-order valence-corrected chi connectivity index (χ2v) is 9.77. The van der Waals surface area contributed by atoms with Gasteiger partial charge in [0.15, 0.2) is 0 Å². The van der Waals surface area contributed by atoms with Gasteiger partial charge in [-0.2, -0.15) is 0 Å². The minimum atomic E-state index is -0.132. The minimum Gasteiger partial charge on any atom is -0.324 e. The molecule has 4 rings (SSSR count). The smallest absolute Gasteiger partial charge is 0.244 e. The average Bonchev–Trinajstić information content (AvgIpc) is 3.08. The van der Waals surface area contributed by atoms with Gasteiger partial charge in [0.1, 0.15) is 12.4 Å². The lowest BCUT2D eigenvalue weighted by Crippen LogP contribution is -2.23. The Bertz CT molecular complexity index is 1320. The second kappa shape index (κ2) is 8.61. The molecule has 0 saturated heterocycles. The summed E-state index contributed by atoms with van der Waals surface area (Å²) in [5.41, 5.74) is 5.22. The molecule has 6 heteroatoms. The third-order valence-corrected chi connectivity index (χ3v) is 6.04. The number of aromatic nitrogens is 2. The van der Waals surface area contributed by atoms with Crippen LogP contribution >= 0.6 is 23.2 Å². The Labute approximate surface area is 198 Å². The third kappa shape index (κ3) is 4.38. The normalized spacial score (nSPS) is 11.7.